The summed E-state index contributed by atoms with van der Waals surface area (Å²) in [5.41, 5.74) is 1.82. The molecule has 2 rings (SSSR count). The molecule has 1 amide bonds. The Morgan fingerprint density at radius 1 is 1.22 bits per heavy atom. The van der Waals surface area contributed by atoms with Gasteiger partial charge in [-0.1, -0.05) is 13.8 Å². The third kappa shape index (κ3) is 5.72. The predicted molar refractivity (Wildman–Crippen MR) is 106 cm³/mol. The summed E-state index contributed by atoms with van der Waals surface area (Å²) < 4.78 is 6.48. The second-order valence-electron chi connectivity index (χ2n) is 6.66. The van der Waals surface area contributed by atoms with Crippen LogP contribution in [0.3, 0.4) is 0 Å². The summed E-state index contributed by atoms with van der Waals surface area (Å²) in [5, 5.41) is 21.0. The third-order valence-electron chi connectivity index (χ3n) is 3.83. The molecule has 0 aliphatic heterocycles. The zero-order valence-electron chi connectivity index (χ0n) is 15.4. The number of hydrogen-bond acceptors (Lipinski definition) is 4. The zero-order valence-corrected chi connectivity index (χ0v) is 17.0. The minimum Gasteiger partial charge on any atom is -0.508 e. The van der Waals surface area contributed by atoms with Crippen LogP contribution in [0, 0.1) is 12.8 Å². The van der Waals surface area contributed by atoms with Crippen LogP contribution in [0.1, 0.15) is 35.3 Å². The summed E-state index contributed by atoms with van der Waals surface area (Å²) in [4.78, 5) is 22.7. The summed E-state index contributed by atoms with van der Waals surface area (Å²) in [6.45, 7) is 5.44. The van der Waals surface area contributed by atoms with Crippen molar-refractivity contribution >= 4 is 27.8 Å². The van der Waals surface area contributed by atoms with Gasteiger partial charge in [0, 0.05) is 5.56 Å². The van der Waals surface area contributed by atoms with Crippen LogP contribution in [0.4, 0.5) is 0 Å². The largest absolute Gasteiger partial charge is 0.508 e. The summed E-state index contributed by atoms with van der Waals surface area (Å²) in [7, 11) is 0. The lowest BCUT2D eigenvalue weighted by Crippen LogP contribution is -2.29. The van der Waals surface area contributed by atoms with Crippen LogP contribution >= 0.6 is 15.9 Å². The summed E-state index contributed by atoms with van der Waals surface area (Å²) in [6.07, 6.45) is 0.728. The number of carbonyl (C=O) groups excluding carboxylic acids is 1. The molecule has 0 bridgehead atoms. The number of aryl methyl sites for hydroxylation is 1. The SMILES string of the molecule is Cc1cc(Oc2ccc(O)c(CC(C)C)c2)c(Br)cc1C(=O)NCC(=O)O. The van der Waals surface area contributed by atoms with Crippen LogP contribution in [-0.2, 0) is 11.2 Å². The second kappa shape index (κ2) is 8.90. The molecule has 0 aromatic heterocycles. The van der Waals surface area contributed by atoms with Gasteiger partial charge in [0.1, 0.15) is 23.8 Å². The molecule has 0 saturated carbocycles. The van der Waals surface area contributed by atoms with Crippen molar-refractivity contribution in [3.05, 3.63) is 51.5 Å². The number of ether oxygens (including phenoxy) is 1. The Morgan fingerprint density at radius 2 is 1.93 bits per heavy atom. The molecule has 0 unspecified atom stereocenters. The number of phenols is 1. The summed E-state index contributed by atoms with van der Waals surface area (Å²) >= 11 is 3.39. The number of amides is 1. The topological polar surface area (TPSA) is 95.9 Å². The van der Waals surface area contributed by atoms with E-state index in [0.717, 1.165) is 12.0 Å². The fourth-order valence-electron chi connectivity index (χ4n) is 2.58. The summed E-state index contributed by atoms with van der Waals surface area (Å²) in [5.74, 6) is 0.145. The number of carboxylic acids is 1. The number of aromatic hydroxyl groups is 1. The fourth-order valence-corrected chi connectivity index (χ4v) is 3.01. The highest BCUT2D eigenvalue weighted by atomic mass is 79.9. The number of rotatable bonds is 7. The van der Waals surface area contributed by atoms with E-state index in [0.29, 0.717) is 33.0 Å². The first-order valence-electron chi connectivity index (χ1n) is 8.47. The van der Waals surface area contributed by atoms with Crippen molar-refractivity contribution in [3.63, 3.8) is 0 Å². The van der Waals surface area contributed by atoms with Crippen molar-refractivity contribution in [2.45, 2.75) is 27.2 Å². The molecule has 144 valence electrons. The standard InChI is InChI=1S/C20H22BrNO5/c1-11(2)6-13-8-14(4-5-17(13)23)27-18-7-12(3)15(9-16(18)21)20(26)22-10-19(24)25/h4-5,7-9,11,23H,6,10H2,1-3H3,(H,22,26)(H,24,25). The first-order chi connectivity index (χ1) is 12.7. The molecule has 0 radical (unpaired) electrons. The molecular formula is C20H22BrNO5. The Bertz CT molecular complexity index is 864. The van der Waals surface area contributed by atoms with Crippen LogP contribution < -0.4 is 10.1 Å². The molecule has 0 atom stereocenters. The Balaban J connectivity index is 2.24. The average molecular weight is 436 g/mol. The first-order valence-corrected chi connectivity index (χ1v) is 9.26. The van der Waals surface area contributed by atoms with Gasteiger partial charge >= 0.3 is 5.97 Å². The van der Waals surface area contributed by atoms with Gasteiger partial charge < -0.3 is 20.3 Å². The third-order valence-corrected chi connectivity index (χ3v) is 4.45. The molecule has 0 saturated heterocycles. The van der Waals surface area contributed by atoms with Gasteiger partial charge in [-0.3, -0.25) is 9.59 Å². The van der Waals surface area contributed by atoms with Crippen LogP contribution in [0.2, 0.25) is 0 Å². The van der Waals surface area contributed by atoms with Crippen molar-refractivity contribution in [1.82, 2.24) is 5.32 Å². The van der Waals surface area contributed by atoms with E-state index in [1.54, 1.807) is 37.3 Å². The number of halogens is 1. The Morgan fingerprint density at radius 3 is 2.56 bits per heavy atom. The van der Waals surface area contributed by atoms with Crippen molar-refractivity contribution < 1.29 is 24.5 Å². The number of aliphatic carboxylic acids is 1. The van der Waals surface area contributed by atoms with Crippen molar-refractivity contribution in [3.8, 4) is 17.2 Å². The van der Waals surface area contributed by atoms with Crippen LogP contribution in [-0.4, -0.2) is 28.6 Å². The number of carbonyl (C=O) groups is 2. The van der Waals surface area contributed by atoms with Gasteiger partial charge in [-0.25, -0.2) is 0 Å². The van der Waals surface area contributed by atoms with Crippen molar-refractivity contribution in [1.29, 1.82) is 0 Å². The highest BCUT2D eigenvalue weighted by molar-refractivity contribution is 9.10. The van der Waals surface area contributed by atoms with E-state index in [9.17, 15) is 14.7 Å². The van der Waals surface area contributed by atoms with Crippen molar-refractivity contribution in [2.75, 3.05) is 6.54 Å². The van der Waals surface area contributed by atoms with Gasteiger partial charge in [0.15, 0.2) is 0 Å². The highest BCUT2D eigenvalue weighted by Crippen LogP contribution is 2.34. The minimum absolute atomic E-state index is 0.233. The monoisotopic (exact) mass is 435 g/mol. The van der Waals surface area contributed by atoms with E-state index >= 15 is 0 Å². The first kappa shape index (κ1) is 20.8. The normalized spacial score (nSPS) is 10.7. The maximum atomic E-state index is 12.1. The quantitative estimate of drug-likeness (QED) is 0.603. The molecule has 0 aliphatic carbocycles. The molecule has 2 aromatic rings. The number of phenolic OH excluding ortho intramolecular Hbond substituents is 1. The van der Waals surface area contributed by atoms with E-state index in [4.69, 9.17) is 9.84 Å². The molecule has 7 heteroatoms. The van der Waals surface area contributed by atoms with E-state index in [-0.39, 0.29) is 5.75 Å². The van der Waals surface area contributed by atoms with E-state index in [2.05, 4.69) is 35.1 Å². The molecule has 27 heavy (non-hydrogen) atoms. The Hall–Kier alpha value is -2.54. The molecule has 0 heterocycles. The number of carboxylic acid groups (broad SMARTS) is 1. The minimum atomic E-state index is -1.11. The van der Waals surface area contributed by atoms with Crippen LogP contribution in [0.25, 0.3) is 0 Å². The summed E-state index contributed by atoms with van der Waals surface area (Å²) in [6, 6.07) is 8.37. The molecule has 6 nitrogen and oxygen atoms in total. The molecule has 2 aromatic carbocycles. The lowest BCUT2D eigenvalue weighted by Gasteiger charge is -2.14. The van der Waals surface area contributed by atoms with Gasteiger partial charge in [0.25, 0.3) is 5.91 Å². The van der Waals surface area contributed by atoms with E-state index in [1.807, 2.05) is 0 Å². The maximum Gasteiger partial charge on any atom is 0.322 e. The van der Waals surface area contributed by atoms with Crippen molar-refractivity contribution in [2.24, 2.45) is 5.92 Å². The lowest BCUT2D eigenvalue weighted by atomic mass is 10.0. The molecule has 0 fully saturated rings. The van der Waals surface area contributed by atoms with Gasteiger partial charge in [-0.2, -0.15) is 0 Å². The molecule has 0 aliphatic rings. The van der Waals surface area contributed by atoms with Crippen LogP contribution in [0.5, 0.6) is 17.2 Å². The Labute approximate surface area is 166 Å². The zero-order chi connectivity index (χ0) is 20.1. The molecule has 3 N–H and O–H groups in total. The van der Waals surface area contributed by atoms with E-state index in [1.165, 1.54) is 0 Å². The van der Waals surface area contributed by atoms with E-state index < -0.39 is 18.4 Å². The maximum absolute atomic E-state index is 12.1. The molecular weight excluding hydrogens is 414 g/mol. The number of nitrogens with one attached hydrogen (secondary N) is 1. The highest BCUT2D eigenvalue weighted by Gasteiger charge is 2.15. The average Bonchev–Trinajstić information content (AvgIpc) is 2.58. The van der Waals surface area contributed by atoms with Gasteiger partial charge in [-0.05, 0) is 76.7 Å². The van der Waals surface area contributed by atoms with Gasteiger partial charge in [0.05, 0.1) is 4.47 Å². The van der Waals surface area contributed by atoms with Crippen LogP contribution in [0.15, 0.2) is 34.8 Å². The second-order valence-corrected chi connectivity index (χ2v) is 7.52. The predicted octanol–water partition coefficient (Wildman–Crippen LogP) is 4.27. The van der Waals surface area contributed by atoms with Gasteiger partial charge in [-0.15, -0.1) is 0 Å². The lowest BCUT2D eigenvalue weighted by molar-refractivity contribution is -0.135. The molecule has 0 spiro atoms. The smallest absolute Gasteiger partial charge is 0.322 e. The van der Waals surface area contributed by atoms with Gasteiger partial charge in [0.2, 0.25) is 0 Å². The number of benzene rings is 2. The number of hydrogen-bond donors (Lipinski definition) is 3. The Kier molecular flexibility index (Phi) is 6.85. The fraction of sp³-hybridized carbons (Fsp3) is 0.300.